The highest BCUT2D eigenvalue weighted by Gasteiger charge is 2.17. The van der Waals surface area contributed by atoms with Crippen molar-refractivity contribution in [3.05, 3.63) is 85.1 Å². The Kier molecular flexibility index (Phi) is 5.59. The topological polar surface area (TPSA) is 91.5 Å². The first-order chi connectivity index (χ1) is 18.7. The molecule has 0 bridgehead atoms. The number of halogens is 1. The summed E-state index contributed by atoms with van der Waals surface area (Å²) in [6.45, 7) is 1.94. The van der Waals surface area contributed by atoms with Gasteiger partial charge in [-0.2, -0.15) is 5.10 Å². The molecule has 38 heavy (non-hydrogen) atoms. The predicted molar refractivity (Wildman–Crippen MR) is 146 cm³/mol. The Balaban J connectivity index is 1.26. The third-order valence-corrected chi connectivity index (χ3v) is 7.14. The van der Waals surface area contributed by atoms with Crippen LogP contribution >= 0.6 is 0 Å². The fourth-order valence-corrected chi connectivity index (χ4v) is 5.21. The lowest BCUT2D eigenvalue weighted by atomic mass is 10.0. The van der Waals surface area contributed by atoms with E-state index >= 15 is 0 Å². The molecule has 0 spiro atoms. The van der Waals surface area contributed by atoms with Crippen molar-refractivity contribution in [2.24, 2.45) is 0 Å². The average molecular weight is 505 g/mol. The number of piperidine rings is 1. The Hall–Kier alpha value is -4.56. The molecule has 7 rings (SSSR count). The summed E-state index contributed by atoms with van der Waals surface area (Å²) in [7, 11) is 0. The van der Waals surface area contributed by atoms with Crippen LogP contribution in [0.25, 0.3) is 55.6 Å². The molecule has 1 fully saturated rings. The first kappa shape index (κ1) is 22.6. The molecule has 7 nitrogen and oxygen atoms in total. The zero-order valence-electron chi connectivity index (χ0n) is 20.5. The van der Waals surface area contributed by atoms with Gasteiger partial charge in [0.25, 0.3) is 0 Å². The van der Waals surface area contributed by atoms with Crippen LogP contribution in [-0.4, -0.2) is 44.3 Å². The highest BCUT2D eigenvalue weighted by molar-refractivity contribution is 6.01. The van der Waals surface area contributed by atoms with E-state index in [0.29, 0.717) is 11.2 Å². The van der Waals surface area contributed by atoms with E-state index in [1.165, 1.54) is 6.07 Å². The molecule has 188 valence electrons. The van der Waals surface area contributed by atoms with Crippen molar-refractivity contribution in [1.82, 2.24) is 30.5 Å². The normalized spacial score (nSPS) is 14.3. The van der Waals surface area contributed by atoms with Crippen LogP contribution < -0.4 is 10.1 Å². The molecule has 0 atom stereocenters. The van der Waals surface area contributed by atoms with Gasteiger partial charge in [-0.05, 0) is 61.8 Å². The third-order valence-electron chi connectivity index (χ3n) is 7.14. The Labute approximate surface area is 218 Å². The number of hydrogen-bond donors (Lipinski definition) is 3. The van der Waals surface area contributed by atoms with Gasteiger partial charge >= 0.3 is 0 Å². The van der Waals surface area contributed by atoms with E-state index in [9.17, 15) is 4.39 Å². The van der Waals surface area contributed by atoms with E-state index < -0.39 is 0 Å². The first-order valence-electron chi connectivity index (χ1n) is 12.8. The maximum absolute atomic E-state index is 14.6. The minimum Gasteiger partial charge on any atom is -0.489 e. The van der Waals surface area contributed by atoms with E-state index in [2.05, 4.69) is 36.5 Å². The summed E-state index contributed by atoms with van der Waals surface area (Å²) in [5, 5.41) is 12.7. The van der Waals surface area contributed by atoms with Crippen LogP contribution in [0.5, 0.6) is 5.75 Å². The number of H-pyrrole nitrogens is 2. The Morgan fingerprint density at radius 3 is 2.58 bits per heavy atom. The number of rotatable bonds is 5. The molecule has 6 aromatic rings. The number of ether oxygens (including phenoxy) is 1. The minimum absolute atomic E-state index is 0.200. The molecular weight excluding hydrogens is 479 g/mol. The molecule has 2 aromatic carbocycles. The molecule has 0 radical (unpaired) electrons. The number of hydrogen-bond acceptors (Lipinski definition) is 5. The first-order valence-corrected chi connectivity index (χ1v) is 12.8. The van der Waals surface area contributed by atoms with Crippen LogP contribution in [0.3, 0.4) is 0 Å². The summed E-state index contributed by atoms with van der Waals surface area (Å²) in [4.78, 5) is 12.5. The van der Waals surface area contributed by atoms with Crippen LogP contribution in [-0.2, 0) is 0 Å². The SMILES string of the molecule is Fc1ccccc1-c1cccc2[nH]c(-c3[nH]nc4ncc(-c5cncc(OC6CCNCC6)c5)cc34)cc12. The molecule has 8 heteroatoms. The van der Waals surface area contributed by atoms with Crippen molar-refractivity contribution in [3.63, 3.8) is 0 Å². The third kappa shape index (κ3) is 4.09. The van der Waals surface area contributed by atoms with E-state index in [4.69, 9.17) is 4.74 Å². The Morgan fingerprint density at radius 1 is 0.842 bits per heavy atom. The second-order valence-electron chi connectivity index (χ2n) is 9.60. The number of benzene rings is 2. The molecular formula is C30H25FN6O. The van der Waals surface area contributed by atoms with Crippen molar-refractivity contribution < 1.29 is 9.13 Å². The molecule has 0 unspecified atom stereocenters. The van der Waals surface area contributed by atoms with Crippen LogP contribution in [0.15, 0.2) is 79.3 Å². The number of pyridine rings is 2. The highest BCUT2D eigenvalue weighted by Crippen LogP contribution is 2.35. The fourth-order valence-electron chi connectivity index (χ4n) is 5.21. The van der Waals surface area contributed by atoms with E-state index in [1.54, 1.807) is 24.5 Å². The molecule has 0 amide bonds. The van der Waals surface area contributed by atoms with Gasteiger partial charge in [-0.3, -0.25) is 10.1 Å². The minimum atomic E-state index is -0.247. The van der Waals surface area contributed by atoms with Gasteiger partial charge in [-0.15, -0.1) is 0 Å². The largest absolute Gasteiger partial charge is 0.489 e. The quantitative estimate of drug-likeness (QED) is 0.264. The second-order valence-corrected chi connectivity index (χ2v) is 9.60. The zero-order valence-corrected chi connectivity index (χ0v) is 20.5. The van der Waals surface area contributed by atoms with Gasteiger partial charge in [0, 0.05) is 45.4 Å². The fraction of sp³-hybridized carbons (Fsp3) is 0.167. The Morgan fingerprint density at radius 2 is 1.68 bits per heavy atom. The number of nitrogens with zero attached hydrogens (tertiary/aromatic N) is 3. The maximum Gasteiger partial charge on any atom is 0.181 e. The van der Waals surface area contributed by atoms with Crippen LogP contribution in [0, 0.1) is 5.82 Å². The van der Waals surface area contributed by atoms with E-state index in [1.807, 2.05) is 42.6 Å². The summed E-state index contributed by atoms with van der Waals surface area (Å²) in [6, 6.07) is 18.8. The van der Waals surface area contributed by atoms with Gasteiger partial charge in [0.2, 0.25) is 0 Å². The molecule has 3 N–H and O–H groups in total. The van der Waals surface area contributed by atoms with Crippen LogP contribution in [0.1, 0.15) is 12.8 Å². The van der Waals surface area contributed by atoms with Gasteiger partial charge in [-0.25, -0.2) is 9.37 Å². The molecule has 1 aliphatic heterocycles. The summed E-state index contributed by atoms with van der Waals surface area (Å²) in [5.41, 5.74) is 6.46. The van der Waals surface area contributed by atoms with Crippen molar-refractivity contribution in [2.75, 3.05) is 13.1 Å². The van der Waals surface area contributed by atoms with Crippen LogP contribution in [0.4, 0.5) is 4.39 Å². The smallest absolute Gasteiger partial charge is 0.181 e. The summed E-state index contributed by atoms with van der Waals surface area (Å²) in [6.07, 6.45) is 7.56. The van der Waals surface area contributed by atoms with Crippen molar-refractivity contribution >= 4 is 21.9 Å². The van der Waals surface area contributed by atoms with Gasteiger partial charge in [0.15, 0.2) is 5.65 Å². The average Bonchev–Trinajstić information content (AvgIpc) is 3.58. The maximum atomic E-state index is 14.6. The summed E-state index contributed by atoms with van der Waals surface area (Å²) in [5.74, 6) is 0.516. The lowest BCUT2D eigenvalue weighted by molar-refractivity contribution is 0.162. The molecule has 1 aliphatic rings. The van der Waals surface area contributed by atoms with Crippen LogP contribution in [0.2, 0.25) is 0 Å². The number of aromatic nitrogens is 5. The van der Waals surface area contributed by atoms with E-state index in [-0.39, 0.29) is 11.9 Å². The molecule has 4 aromatic heterocycles. The molecule has 1 saturated heterocycles. The lowest BCUT2D eigenvalue weighted by Crippen LogP contribution is -2.34. The molecule has 0 saturated carbocycles. The van der Waals surface area contributed by atoms with Gasteiger partial charge < -0.3 is 15.0 Å². The van der Waals surface area contributed by atoms with Gasteiger partial charge in [0.1, 0.15) is 17.7 Å². The zero-order chi connectivity index (χ0) is 25.5. The predicted octanol–water partition coefficient (Wildman–Crippen LogP) is 6.11. The molecule has 5 heterocycles. The van der Waals surface area contributed by atoms with Gasteiger partial charge in [0.05, 0.1) is 17.6 Å². The number of aromatic amines is 2. The second kappa shape index (κ2) is 9.39. The van der Waals surface area contributed by atoms with Crippen molar-refractivity contribution in [2.45, 2.75) is 18.9 Å². The standard InChI is InChI=1S/C30H25FN6O/c31-26-6-2-1-4-23(26)22-5-3-7-27-24(22)14-28(35-27)29-25-13-19(16-34-30(25)37-36-29)18-12-21(17-33-15-18)38-20-8-10-32-11-9-20/h1-7,12-17,20,32,35H,8-11H2,(H,34,36,37). The number of nitrogens with one attached hydrogen (secondary N) is 3. The van der Waals surface area contributed by atoms with Crippen molar-refractivity contribution in [3.8, 4) is 39.4 Å². The van der Waals surface area contributed by atoms with Crippen molar-refractivity contribution in [1.29, 1.82) is 0 Å². The number of fused-ring (bicyclic) bond motifs is 2. The summed E-state index contributed by atoms with van der Waals surface area (Å²) < 4.78 is 20.8. The highest BCUT2D eigenvalue weighted by atomic mass is 19.1. The van der Waals surface area contributed by atoms with Gasteiger partial charge in [-0.1, -0.05) is 30.3 Å². The molecule has 0 aliphatic carbocycles. The lowest BCUT2D eigenvalue weighted by Gasteiger charge is -2.23. The van der Waals surface area contributed by atoms with E-state index in [0.717, 1.165) is 76.0 Å². The monoisotopic (exact) mass is 504 g/mol. The summed E-state index contributed by atoms with van der Waals surface area (Å²) >= 11 is 0. The Bertz CT molecular complexity index is 1770.